The Morgan fingerprint density at radius 3 is 1.29 bits per heavy atom. The number of hydrogen-bond donors (Lipinski definition) is 0. The van der Waals surface area contributed by atoms with E-state index >= 15 is 4.57 Å². The number of benzene rings is 3. The van der Waals surface area contributed by atoms with E-state index in [0.717, 1.165) is 0 Å². The normalized spacial score (nSPS) is 29.1. The summed E-state index contributed by atoms with van der Waals surface area (Å²) in [4.78, 5) is 46.1. The fourth-order valence-corrected chi connectivity index (χ4v) is 13.1. The molecule has 1 aliphatic carbocycles. The number of fused-ring (bicyclic) bond motifs is 3. The Labute approximate surface area is 407 Å². The summed E-state index contributed by atoms with van der Waals surface area (Å²) in [6, 6.07) is 19.5. The summed E-state index contributed by atoms with van der Waals surface area (Å²) in [6.45, 7) is 12.0. The zero-order valence-electron chi connectivity index (χ0n) is 40.2. The molecule has 6 heterocycles. The average Bonchev–Trinajstić information content (AvgIpc) is 3.53. The molecule has 8 atom stereocenters. The van der Waals surface area contributed by atoms with Crippen LogP contribution >= 0.6 is 7.82 Å². The Hall–Kier alpha value is -5.99. The lowest BCUT2D eigenvalue weighted by Gasteiger charge is -2.50. The lowest BCUT2D eigenvalue weighted by molar-refractivity contribution is -0.152. The van der Waals surface area contributed by atoms with Crippen LogP contribution in [-0.2, 0) is 37.3 Å². The van der Waals surface area contributed by atoms with Crippen molar-refractivity contribution in [1.82, 2.24) is 14.7 Å². The van der Waals surface area contributed by atoms with Crippen molar-refractivity contribution in [3.05, 3.63) is 88.0 Å². The van der Waals surface area contributed by atoms with E-state index in [2.05, 4.69) is 18.2 Å². The molecule has 0 radical (unpaired) electrons. The van der Waals surface area contributed by atoms with Gasteiger partial charge in [-0.2, -0.15) is 15.8 Å². The van der Waals surface area contributed by atoms with Gasteiger partial charge in [-0.05, 0) is 122 Å². The smallest absolute Gasteiger partial charge is 0.475 e. The minimum atomic E-state index is -4.90. The number of carbonyl (C=O) groups is 3. The minimum absolute atomic E-state index is 0.0134. The molecule has 366 valence electrons. The van der Waals surface area contributed by atoms with Crippen LogP contribution in [-0.4, -0.2) is 99.9 Å². The van der Waals surface area contributed by atoms with Gasteiger partial charge in [-0.25, -0.2) is 4.57 Å². The highest BCUT2D eigenvalue weighted by Crippen LogP contribution is 2.62. The summed E-state index contributed by atoms with van der Waals surface area (Å²) >= 11 is 0. The fourth-order valence-electron chi connectivity index (χ4n) is 11.3. The Kier molecular flexibility index (Phi) is 12.1. The minimum Gasteiger partial charge on any atom is -0.485 e. The van der Waals surface area contributed by atoms with Crippen LogP contribution in [0.4, 0.5) is 0 Å². The van der Waals surface area contributed by atoms with Crippen molar-refractivity contribution >= 4 is 25.5 Å². The van der Waals surface area contributed by atoms with Gasteiger partial charge < -0.3 is 33.6 Å². The highest BCUT2D eigenvalue weighted by atomic mass is 31.2. The lowest BCUT2D eigenvalue weighted by Crippen LogP contribution is -2.56. The maximum absolute atomic E-state index is 16.3. The van der Waals surface area contributed by atoms with E-state index in [1.165, 1.54) is 0 Å². The molecule has 4 fully saturated rings. The number of phosphoric acid groups is 1. The number of nitrogens with zero attached hydrogens (tertiary/aromatic N) is 6. The Bertz CT molecular complexity index is 2710. The molecule has 18 heteroatoms. The number of phosphoric ester groups is 1. The van der Waals surface area contributed by atoms with E-state index in [4.69, 9.17) is 32.5 Å². The van der Waals surface area contributed by atoms with Gasteiger partial charge in [0.25, 0.3) is 0 Å². The number of likely N-dealkylation sites (tertiary alicyclic amines) is 3. The van der Waals surface area contributed by atoms with E-state index < -0.39 is 67.2 Å². The average molecular weight is 973 g/mol. The predicted molar refractivity (Wildman–Crippen MR) is 249 cm³/mol. The first-order chi connectivity index (χ1) is 33.3. The standard InChI is InChI=1S/C52H57N6O11P/c1-50(2)47(44(56-19-7-10-41(56)59)34-22-30(26-53)13-16-37(34)65-50)64-40-25-33(40)29-63-70(62,68-48-45(57-20-8-11-42(57)60)35-23-31(27-54)14-17-38(35)66-51(48,3)4)69-49-46(58-21-9-12-43(58)61)36-24-32(28-55)15-18-39(36)67-52(49,5)6/h13-18,22-24,33,40,44-49H,7-12,19-21,25,29H2,1-6H3/t33?,40?,44-,45-,46-,47+,48+,49+/m1/s1. The van der Waals surface area contributed by atoms with E-state index in [9.17, 15) is 30.2 Å². The zero-order valence-corrected chi connectivity index (χ0v) is 41.1. The molecule has 0 aromatic heterocycles. The van der Waals surface area contributed by atoms with Crippen molar-refractivity contribution in [2.24, 2.45) is 5.92 Å². The maximum atomic E-state index is 16.3. The van der Waals surface area contributed by atoms with Crippen molar-refractivity contribution in [2.75, 3.05) is 26.2 Å². The number of ether oxygens (including phenoxy) is 4. The molecule has 1 saturated carbocycles. The Morgan fingerprint density at radius 2 is 0.943 bits per heavy atom. The molecule has 10 rings (SSSR count). The SMILES string of the molecule is CC1(C)Oc2ccc(C#N)cc2[C@@H](N2CCCC2=O)[C@@H]1OC1CC1COP(=O)(O[C@H]1[C@H](N2CCCC2=O)c2cc(C#N)ccc2OC1(C)C)O[C@H]1[C@H](N2CCCC2=O)c2cc(C#N)ccc2OC1(C)C. The van der Waals surface area contributed by atoms with E-state index in [-0.39, 0.29) is 43.1 Å². The molecule has 2 unspecified atom stereocenters. The first-order valence-electron chi connectivity index (χ1n) is 24.2. The third-order valence-corrected chi connectivity index (χ3v) is 16.3. The third-order valence-electron chi connectivity index (χ3n) is 14.9. The number of rotatable bonds is 12. The lowest BCUT2D eigenvalue weighted by atomic mass is 9.84. The number of carbonyl (C=O) groups excluding carboxylic acids is 3. The largest absolute Gasteiger partial charge is 0.485 e. The van der Waals surface area contributed by atoms with Crippen LogP contribution in [0.2, 0.25) is 0 Å². The second-order valence-electron chi connectivity index (χ2n) is 21.0. The summed E-state index contributed by atoms with van der Waals surface area (Å²) in [5.74, 6) is 0.816. The van der Waals surface area contributed by atoms with Gasteiger partial charge in [0, 0.05) is 61.5 Å². The molecule has 3 amide bonds. The molecule has 0 spiro atoms. The summed E-state index contributed by atoms with van der Waals surface area (Å²) in [5.41, 5.74) is -0.655. The van der Waals surface area contributed by atoms with Gasteiger partial charge in [-0.1, -0.05) is 0 Å². The molecule has 0 bridgehead atoms. The summed E-state index contributed by atoms with van der Waals surface area (Å²) in [6.07, 6.45) is -0.193. The molecular formula is C52H57N6O11P. The molecule has 3 saturated heterocycles. The van der Waals surface area contributed by atoms with Gasteiger partial charge in [0.1, 0.15) is 52.4 Å². The quantitative estimate of drug-likeness (QED) is 0.158. The van der Waals surface area contributed by atoms with Crippen LogP contribution in [0, 0.1) is 39.9 Å². The molecule has 7 aliphatic rings. The van der Waals surface area contributed by atoms with Gasteiger partial charge in [0.2, 0.25) is 17.7 Å². The van der Waals surface area contributed by atoms with Gasteiger partial charge >= 0.3 is 7.82 Å². The molecule has 0 N–H and O–H groups in total. The van der Waals surface area contributed by atoms with Crippen LogP contribution in [0.1, 0.15) is 138 Å². The van der Waals surface area contributed by atoms with Gasteiger partial charge in [-0.15, -0.1) is 0 Å². The molecule has 17 nitrogen and oxygen atoms in total. The van der Waals surface area contributed by atoms with Crippen LogP contribution in [0.25, 0.3) is 0 Å². The Morgan fingerprint density at radius 1 is 0.586 bits per heavy atom. The van der Waals surface area contributed by atoms with Gasteiger partial charge in [-0.3, -0.25) is 28.0 Å². The van der Waals surface area contributed by atoms with Crippen molar-refractivity contribution < 1.29 is 51.5 Å². The number of amides is 3. The zero-order chi connectivity index (χ0) is 49.5. The van der Waals surface area contributed by atoms with E-state index in [0.29, 0.717) is 102 Å². The second-order valence-corrected chi connectivity index (χ2v) is 22.6. The summed E-state index contributed by atoms with van der Waals surface area (Å²) in [7, 11) is -4.90. The Balaban J connectivity index is 1.01. The highest BCUT2D eigenvalue weighted by Gasteiger charge is 2.58. The topological polar surface area (TPSA) is 214 Å². The van der Waals surface area contributed by atoms with Crippen molar-refractivity contribution in [3.63, 3.8) is 0 Å². The highest BCUT2D eigenvalue weighted by molar-refractivity contribution is 7.48. The van der Waals surface area contributed by atoms with Crippen LogP contribution in [0.3, 0.4) is 0 Å². The molecule has 3 aromatic carbocycles. The van der Waals surface area contributed by atoms with E-state index in [1.807, 2.05) is 18.7 Å². The first-order valence-corrected chi connectivity index (χ1v) is 25.6. The van der Waals surface area contributed by atoms with Crippen LogP contribution in [0.15, 0.2) is 54.6 Å². The molecular weight excluding hydrogens is 916 g/mol. The van der Waals surface area contributed by atoms with E-state index in [1.54, 1.807) is 92.1 Å². The third kappa shape index (κ3) is 8.58. The van der Waals surface area contributed by atoms with Crippen molar-refractivity contribution in [1.29, 1.82) is 15.8 Å². The monoisotopic (exact) mass is 972 g/mol. The second kappa shape index (κ2) is 17.7. The molecule has 3 aromatic rings. The first kappa shape index (κ1) is 47.7. The summed E-state index contributed by atoms with van der Waals surface area (Å²) in [5, 5.41) is 29.9. The molecule has 70 heavy (non-hydrogen) atoms. The number of nitriles is 3. The van der Waals surface area contributed by atoms with Crippen molar-refractivity contribution in [3.8, 4) is 35.5 Å². The van der Waals surface area contributed by atoms with Crippen molar-refractivity contribution in [2.45, 2.75) is 146 Å². The predicted octanol–water partition coefficient (Wildman–Crippen LogP) is 7.87. The van der Waals surface area contributed by atoms with Gasteiger partial charge in [0.05, 0.1) is 65.7 Å². The molecule has 6 aliphatic heterocycles. The maximum Gasteiger partial charge on any atom is 0.475 e. The summed E-state index contributed by atoms with van der Waals surface area (Å²) < 4.78 is 63.2. The van der Waals surface area contributed by atoms with Gasteiger partial charge in [0.15, 0.2) is 0 Å². The number of hydrogen-bond acceptors (Lipinski definition) is 14. The fraction of sp³-hybridized carbons (Fsp3) is 0.538. The van der Waals surface area contributed by atoms with Crippen LogP contribution in [0.5, 0.6) is 17.2 Å². The van der Waals surface area contributed by atoms with Crippen LogP contribution < -0.4 is 14.2 Å².